The summed E-state index contributed by atoms with van der Waals surface area (Å²) in [5.41, 5.74) is 2.89. The van der Waals surface area contributed by atoms with Crippen molar-refractivity contribution in [1.29, 1.82) is 0 Å². The molecule has 1 unspecified atom stereocenters. The van der Waals surface area contributed by atoms with E-state index in [1.165, 1.54) is 0 Å². The minimum absolute atomic E-state index is 0.105. The van der Waals surface area contributed by atoms with E-state index in [4.69, 9.17) is 4.74 Å². The van der Waals surface area contributed by atoms with Crippen LogP contribution >= 0.6 is 0 Å². The fraction of sp³-hybridized carbons (Fsp3) is 0.462. The van der Waals surface area contributed by atoms with E-state index in [1.54, 1.807) is 6.07 Å². The molecule has 1 heterocycles. The molecule has 1 amide bonds. The lowest BCUT2D eigenvalue weighted by Gasteiger charge is -2.36. The fourth-order valence-electron chi connectivity index (χ4n) is 3.86. The Morgan fingerprint density at radius 3 is 2.52 bits per heavy atom. The third-order valence-electron chi connectivity index (χ3n) is 5.41. The molecule has 0 spiro atoms. The van der Waals surface area contributed by atoms with Crippen LogP contribution in [0.3, 0.4) is 0 Å². The predicted molar refractivity (Wildman–Crippen MR) is 124 cm³/mol. The van der Waals surface area contributed by atoms with Gasteiger partial charge in [-0.15, -0.1) is 0 Å². The van der Waals surface area contributed by atoms with E-state index in [-0.39, 0.29) is 18.0 Å². The minimum Gasteiger partial charge on any atom is -0.456 e. The summed E-state index contributed by atoms with van der Waals surface area (Å²) in [5.74, 6) is -0.116. The van der Waals surface area contributed by atoms with Gasteiger partial charge in [-0.1, -0.05) is 62.2 Å². The first-order valence-electron chi connectivity index (χ1n) is 11.2. The zero-order chi connectivity index (χ0) is 22.4. The quantitative estimate of drug-likeness (QED) is 0.627. The third-order valence-corrected chi connectivity index (χ3v) is 5.41. The summed E-state index contributed by atoms with van der Waals surface area (Å²) in [6.07, 6.45) is 3.84. The summed E-state index contributed by atoms with van der Waals surface area (Å²) in [6.45, 7) is 9.12. The molecule has 2 aromatic rings. The van der Waals surface area contributed by atoms with Crippen LogP contribution in [0, 0.1) is 0 Å². The van der Waals surface area contributed by atoms with Crippen LogP contribution in [0.25, 0.3) is 11.1 Å². The summed E-state index contributed by atoms with van der Waals surface area (Å²) >= 11 is 0. The lowest BCUT2D eigenvalue weighted by molar-refractivity contribution is -0.138. The maximum atomic E-state index is 12.7. The zero-order valence-corrected chi connectivity index (χ0v) is 19.1. The molecule has 1 atom stereocenters. The summed E-state index contributed by atoms with van der Waals surface area (Å²) in [7, 11) is 0. The van der Waals surface area contributed by atoms with Gasteiger partial charge in [-0.25, -0.2) is 4.79 Å². The van der Waals surface area contributed by atoms with Crippen molar-refractivity contribution in [2.75, 3.05) is 6.54 Å². The Hall–Kier alpha value is -2.66. The van der Waals surface area contributed by atoms with Gasteiger partial charge in [-0.05, 0) is 49.9 Å². The van der Waals surface area contributed by atoms with Crippen LogP contribution in [0.1, 0.15) is 69.3 Å². The molecule has 3 rings (SSSR count). The molecule has 0 radical (unpaired) electrons. The standard InChI is InChI=1S/C26H34N2O3/c1-5-6-11-23-27-17-16-24(29)28(23)18-19-12-14-20(15-13-19)21-9-7-8-10-22(21)25(30)31-26(2,3)4/h7-10,12-15,23,27H,5-6,11,16-18H2,1-4H3. The molecule has 0 saturated carbocycles. The first kappa shape index (κ1) is 23.0. The number of unbranched alkanes of at least 4 members (excludes halogenated alkanes) is 1. The number of nitrogens with zero attached hydrogens (tertiary/aromatic N) is 1. The summed E-state index contributed by atoms with van der Waals surface area (Å²) < 4.78 is 5.58. The molecule has 1 aliphatic heterocycles. The van der Waals surface area contributed by atoms with Crippen molar-refractivity contribution in [3.8, 4) is 11.1 Å². The van der Waals surface area contributed by atoms with Crippen LogP contribution in [-0.2, 0) is 16.1 Å². The summed E-state index contributed by atoms with van der Waals surface area (Å²) in [4.78, 5) is 27.2. The van der Waals surface area contributed by atoms with Crippen molar-refractivity contribution in [2.24, 2.45) is 0 Å². The molecule has 1 fully saturated rings. The average Bonchev–Trinajstić information content (AvgIpc) is 2.73. The van der Waals surface area contributed by atoms with E-state index in [0.29, 0.717) is 18.5 Å². The highest BCUT2D eigenvalue weighted by Crippen LogP contribution is 2.27. The molecule has 5 heteroatoms. The highest BCUT2D eigenvalue weighted by atomic mass is 16.6. The Kier molecular flexibility index (Phi) is 7.50. The number of carbonyl (C=O) groups is 2. The number of ether oxygens (including phenoxy) is 1. The van der Waals surface area contributed by atoms with Crippen molar-refractivity contribution in [1.82, 2.24) is 10.2 Å². The number of hydrogen-bond acceptors (Lipinski definition) is 4. The highest BCUT2D eigenvalue weighted by molar-refractivity contribution is 5.97. The molecule has 31 heavy (non-hydrogen) atoms. The number of nitrogens with one attached hydrogen (secondary N) is 1. The SMILES string of the molecule is CCCCC1NCCC(=O)N1Cc1ccc(-c2ccccc2C(=O)OC(C)(C)C)cc1. The van der Waals surface area contributed by atoms with Gasteiger partial charge in [-0.3, -0.25) is 10.1 Å². The van der Waals surface area contributed by atoms with E-state index < -0.39 is 5.60 Å². The number of esters is 1. The van der Waals surface area contributed by atoms with Crippen LogP contribution in [0.2, 0.25) is 0 Å². The molecular formula is C26H34N2O3. The van der Waals surface area contributed by atoms with Gasteiger partial charge in [-0.2, -0.15) is 0 Å². The second-order valence-electron chi connectivity index (χ2n) is 9.13. The smallest absolute Gasteiger partial charge is 0.339 e. The summed E-state index contributed by atoms with van der Waals surface area (Å²) in [5, 5.41) is 3.48. The van der Waals surface area contributed by atoms with Gasteiger partial charge in [0.1, 0.15) is 5.60 Å². The van der Waals surface area contributed by atoms with Crippen molar-refractivity contribution in [3.05, 3.63) is 59.7 Å². The van der Waals surface area contributed by atoms with Crippen molar-refractivity contribution < 1.29 is 14.3 Å². The predicted octanol–water partition coefficient (Wildman–Crippen LogP) is 5.15. The van der Waals surface area contributed by atoms with E-state index in [9.17, 15) is 9.59 Å². The Morgan fingerprint density at radius 2 is 1.84 bits per heavy atom. The molecule has 0 bridgehead atoms. The van der Waals surface area contributed by atoms with Crippen molar-refractivity contribution >= 4 is 11.9 Å². The zero-order valence-electron chi connectivity index (χ0n) is 19.1. The lowest BCUT2D eigenvalue weighted by Crippen LogP contribution is -2.53. The molecular weight excluding hydrogens is 388 g/mol. The maximum Gasteiger partial charge on any atom is 0.339 e. The number of rotatable bonds is 7. The van der Waals surface area contributed by atoms with Gasteiger partial charge in [0.15, 0.2) is 0 Å². The van der Waals surface area contributed by atoms with E-state index in [2.05, 4.69) is 12.2 Å². The molecule has 1 aliphatic rings. The van der Waals surface area contributed by atoms with Gasteiger partial charge in [0, 0.05) is 19.5 Å². The van der Waals surface area contributed by atoms with Gasteiger partial charge in [0.25, 0.3) is 0 Å². The summed E-state index contributed by atoms with van der Waals surface area (Å²) in [6, 6.07) is 15.6. The Morgan fingerprint density at radius 1 is 1.13 bits per heavy atom. The fourth-order valence-corrected chi connectivity index (χ4v) is 3.86. The van der Waals surface area contributed by atoms with Crippen LogP contribution in [0.15, 0.2) is 48.5 Å². The van der Waals surface area contributed by atoms with Crippen LogP contribution in [0.5, 0.6) is 0 Å². The van der Waals surface area contributed by atoms with Crippen LogP contribution in [0.4, 0.5) is 0 Å². The number of amides is 1. The average molecular weight is 423 g/mol. The number of benzene rings is 2. The molecule has 1 saturated heterocycles. The van der Waals surface area contributed by atoms with E-state index in [0.717, 1.165) is 42.5 Å². The Balaban J connectivity index is 1.78. The van der Waals surface area contributed by atoms with Gasteiger partial charge in [0.05, 0.1) is 11.7 Å². The number of carbonyl (C=O) groups excluding carboxylic acids is 2. The van der Waals surface area contributed by atoms with E-state index in [1.807, 2.05) is 68.1 Å². The molecule has 5 nitrogen and oxygen atoms in total. The van der Waals surface area contributed by atoms with Crippen molar-refractivity contribution in [3.63, 3.8) is 0 Å². The Labute approximate surface area is 185 Å². The molecule has 1 N–H and O–H groups in total. The maximum absolute atomic E-state index is 12.7. The van der Waals surface area contributed by atoms with Crippen LogP contribution < -0.4 is 5.32 Å². The first-order chi connectivity index (χ1) is 14.8. The lowest BCUT2D eigenvalue weighted by atomic mass is 9.98. The molecule has 0 aromatic heterocycles. The highest BCUT2D eigenvalue weighted by Gasteiger charge is 2.27. The van der Waals surface area contributed by atoms with Crippen LogP contribution in [-0.4, -0.2) is 35.1 Å². The second-order valence-corrected chi connectivity index (χ2v) is 9.13. The first-order valence-corrected chi connectivity index (χ1v) is 11.2. The third kappa shape index (κ3) is 6.17. The molecule has 166 valence electrons. The molecule has 2 aromatic carbocycles. The van der Waals surface area contributed by atoms with Gasteiger partial charge < -0.3 is 9.64 Å². The monoisotopic (exact) mass is 422 g/mol. The topological polar surface area (TPSA) is 58.6 Å². The second kappa shape index (κ2) is 10.1. The van der Waals surface area contributed by atoms with Gasteiger partial charge in [0.2, 0.25) is 5.91 Å². The van der Waals surface area contributed by atoms with Crippen molar-refractivity contribution in [2.45, 2.75) is 71.7 Å². The Bertz CT molecular complexity index is 900. The minimum atomic E-state index is -0.544. The molecule has 0 aliphatic carbocycles. The van der Waals surface area contributed by atoms with Gasteiger partial charge >= 0.3 is 5.97 Å². The normalized spacial score (nSPS) is 17.0. The van der Waals surface area contributed by atoms with E-state index >= 15 is 0 Å². The number of hydrogen-bond donors (Lipinski definition) is 1. The largest absolute Gasteiger partial charge is 0.456 e.